The highest BCUT2D eigenvalue weighted by molar-refractivity contribution is 7.89. The summed E-state index contributed by atoms with van der Waals surface area (Å²) >= 11 is 12.3. The van der Waals surface area contributed by atoms with E-state index < -0.39 is 10.0 Å². The van der Waals surface area contributed by atoms with E-state index in [1.54, 1.807) is 14.2 Å². The molecule has 0 bridgehead atoms. The predicted octanol–water partition coefficient (Wildman–Crippen LogP) is 2.12. The van der Waals surface area contributed by atoms with Crippen LogP contribution in [0.3, 0.4) is 0 Å². The average molecular weight is 425 g/mol. The second-order valence-electron chi connectivity index (χ2n) is 5.85. The number of hydrogen-bond acceptors (Lipinski definition) is 5. The second-order valence-corrected chi connectivity index (χ2v) is 8.57. The number of benzene rings is 1. The zero-order chi connectivity index (χ0) is 19.3. The number of carbonyl (C=O) groups is 1. The van der Waals surface area contributed by atoms with Crippen molar-refractivity contribution in [3.8, 4) is 0 Å². The van der Waals surface area contributed by atoms with E-state index in [1.165, 1.54) is 21.3 Å². The van der Waals surface area contributed by atoms with Gasteiger partial charge in [-0.05, 0) is 18.6 Å². The molecule has 0 saturated carbocycles. The number of nitrogens with zero attached hydrogens (tertiary/aromatic N) is 2. The summed E-state index contributed by atoms with van der Waals surface area (Å²) < 4.78 is 37.2. The summed E-state index contributed by atoms with van der Waals surface area (Å²) in [5.74, 6) is -0.374. The Morgan fingerprint density at radius 1 is 1.27 bits per heavy atom. The van der Waals surface area contributed by atoms with E-state index in [-0.39, 0.29) is 39.5 Å². The quantitative estimate of drug-likeness (QED) is 0.626. The van der Waals surface area contributed by atoms with Crippen molar-refractivity contribution in [2.45, 2.75) is 11.3 Å². The summed E-state index contributed by atoms with van der Waals surface area (Å²) in [5.41, 5.74) is 0.0998. The standard InChI is InChI=1S/C16H22Cl2N2O5S/c1-19(4-3-7-24-2)16(21)12-10-15(14(18)11-13(12)17)26(22,23)20-5-8-25-9-6-20/h10-11H,3-9H2,1-2H3. The van der Waals surface area contributed by atoms with Crippen LogP contribution in [0.1, 0.15) is 16.8 Å². The van der Waals surface area contributed by atoms with Gasteiger partial charge in [0.1, 0.15) is 4.90 Å². The molecule has 0 aliphatic carbocycles. The van der Waals surface area contributed by atoms with Crippen molar-refractivity contribution in [2.75, 3.05) is 53.6 Å². The summed E-state index contributed by atoms with van der Waals surface area (Å²) in [6.45, 7) is 2.08. The van der Waals surface area contributed by atoms with Gasteiger partial charge in [-0.15, -0.1) is 0 Å². The van der Waals surface area contributed by atoms with Crippen LogP contribution in [-0.4, -0.2) is 77.1 Å². The topological polar surface area (TPSA) is 76.2 Å². The van der Waals surface area contributed by atoms with Gasteiger partial charge in [0, 0.05) is 40.4 Å². The van der Waals surface area contributed by atoms with Gasteiger partial charge in [-0.1, -0.05) is 23.2 Å². The lowest BCUT2D eigenvalue weighted by molar-refractivity contribution is 0.0730. The van der Waals surface area contributed by atoms with Gasteiger partial charge in [-0.3, -0.25) is 4.79 Å². The van der Waals surface area contributed by atoms with E-state index in [2.05, 4.69) is 0 Å². The van der Waals surface area contributed by atoms with Crippen molar-refractivity contribution in [3.05, 3.63) is 27.7 Å². The van der Waals surface area contributed by atoms with Gasteiger partial charge in [0.2, 0.25) is 10.0 Å². The normalized spacial score (nSPS) is 15.8. The number of rotatable bonds is 7. The summed E-state index contributed by atoms with van der Waals surface area (Å²) in [6.07, 6.45) is 0.656. The molecule has 1 fully saturated rings. The first-order chi connectivity index (χ1) is 12.3. The molecule has 146 valence electrons. The maximum absolute atomic E-state index is 12.9. The summed E-state index contributed by atoms with van der Waals surface area (Å²) in [5, 5.41) is 0.0968. The second kappa shape index (κ2) is 9.34. The van der Waals surface area contributed by atoms with Crippen molar-refractivity contribution in [1.82, 2.24) is 9.21 Å². The third-order valence-corrected chi connectivity index (χ3v) is 6.70. The fourth-order valence-corrected chi connectivity index (χ4v) is 4.81. The van der Waals surface area contributed by atoms with Crippen LogP contribution in [0.4, 0.5) is 0 Å². The number of sulfonamides is 1. The Hall–Kier alpha value is -0.900. The molecule has 1 aliphatic rings. The van der Waals surface area contributed by atoms with Gasteiger partial charge >= 0.3 is 0 Å². The Bertz CT molecular complexity index is 751. The van der Waals surface area contributed by atoms with Gasteiger partial charge in [0.25, 0.3) is 5.91 Å². The molecule has 1 aromatic carbocycles. The monoisotopic (exact) mass is 424 g/mol. The Labute approximate surface area is 163 Å². The minimum Gasteiger partial charge on any atom is -0.385 e. The largest absolute Gasteiger partial charge is 0.385 e. The zero-order valence-electron chi connectivity index (χ0n) is 14.7. The van der Waals surface area contributed by atoms with Crippen LogP contribution in [0, 0.1) is 0 Å². The third kappa shape index (κ3) is 4.88. The number of morpholine rings is 1. The maximum atomic E-state index is 12.9. The minimum atomic E-state index is -3.84. The van der Waals surface area contributed by atoms with E-state index in [4.69, 9.17) is 32.7 Å². The van der Waals surface area contributed by atoms with Crippen molar-refractivity contribution >= 4 is 39.1 Å². The lowest BCUT2D eigenvalue weighted by Gasteiger charge is -2.27. The molecule has 0 aromatic heterocycles. The molecule has 0 atom stereocenters. The molecular weight excluding hydrogens is 403 g/mol. The molecule has 1 amide bonds. The highest BCUT2D eigenvalue weighted by atomic mass is 35.5. The lowest BCUT2D eigenvalue weighted by atomic mass is 10.2. The van der Waals surface area contributed by atoms with Crippen LogP contribution in [0.5, 0.6) is 0 Å². The van der Waals surface area contributed by atoms with Gasteiger partial charge in [0.05, 0.1) is 28.8 Å². The van der Waals surface area contributed by atoms with Crippen LogP contribution in [0.25, 0.3) is 0 Å². The summed E-state index contributed by atoms with van der Waals surface area (Å²) in [7, 11) is -0.632. The molecular formula is C16H22Cl2N2O5S. The van der Waals surface area contributed by atoms with Crippen LogP contribution < -0.4 is 0 Å². The van der Waals surface area contributed by atoms with Crippen LogP contribution >= 0.6 is 23.2 Å². The molecule has 10 heteroatoms. The van der Waals surface area contributed by atoms with Gasteiger partial charge in [-0.2, -0.15) is 4.31 Å². The van der Waals surface area contributed by atoms with E-state index >= 15 is 0 Å². The molecule has 7 nitrogen and oxygen atoms in total. The molecule has 0 N–H and O–H groups in total. The summed E-state index contributed by atoms with van der Waals surface area (Å²) in [6, 6.07) is 2.55. The maximum Gasteiger partial charge on any atom is 0.255 e. The van der Waals surface area contributed by atoms with E-state index in [0.29, 0.717) is 32.8 Å². The van der Waals surface area contributed by atoms with Crippen LogP contribution in [-0.2, 0) is 19.5 Å². The van der Waals surface area contributed by atoms with Gasteiger partial charge in [-0.25, -0.2) is 8.42 Å². The van der Waals surface area contributed by atoms with E-state index in [1.807, 2.05) is 0 Å². The fourth-order valence-electron chi connectivity index (χ4n) is 2.57. The van der Waals surface area contributed by atoms with Crippen molar-refractivity contribution < 1.29 is 22.7 Å². The number of methoxy groups -OCH3 is 1. The number of amides is 1. The Kier molecular flexibility index (Phi) is 7.69. The molecule has 0 radical (unpaired) electrons. The smallest absolute Gasteiger partial charge is 0.255 e. The zero-order valence-corrected chi connectivity index (χ0v) is 17.0. The number of hydrogen-bond donors (Lipinski definition) is 0. The van der Waals surface area contributed by atoms with E-state index in [9.17, 15) is 13.2 Å². The lowest BCUT2D eigenvalue weighted by Crippen LogP contribution is -2.40. The summed E-state index contributed by atoms with van der Waals surface area (Å²) in [4.78, 5) is 14.0. The number of ether oxygens (including phenoxy) is 2. The molecule has 0 spiro atoms. The SMILES string of the molecule is COCCCN(C)C(=O)c1cc(S(=O)(=O)N2CCOCC2)c(Cl)cc1Cl. The van der Waals surface area contributed by atoms with Crippen molar-refractivity contribution in [1.29, 1.82) is 0 Å². The first kappa shape index (κ1) is 21.4. The molecule has 2 rings (SSSR count). The minimum absolute atomic E-state index is 0.0138. The van der Waals surface area contributed by atoms with Gasteiger partial charge in [0.15, 0.2) is 0 Å². The Morgan fingerprint density at radius 3 is 2.54 bits per heavy atom. The molecule has 1 heterocycles. The van der Waals surface area contributed by atoms with Crippen molar-refractivity contribution in [3.63, 3.8) is 0 Å². The first-order valence-corrected chi connectivity index (χ1v) is 10.3. The van der Waals surface area contributed by atoms with E-state index in [0.717, 1.165) is 0 Å². The molecule has 1 saturated heterocycles. The van der Waals surface area contributed by atoms with Crippen LogP contribution in [0.2, 0.25) is 10.0 Å². The van der Waals surface area contributed by atoms with Crippen molar-refractivity contribution in [2.24, 2.45) is 0 Å². The van der Waals surface area contributed by atoms with Gasteiger partial charge < -0.3 is 14.4 Å². The highest BCUT2D eigenvalue weighted by Crippen LogP contribution is 2.31. The third-order valence-electron chi connectivity index (χ3n) is 4.03. The molecule has 1 aromatic rings. The molecule has 26 heavy (non-hydrogen) atoms. The Balaban J connectivity index is 2.32. The first-order valence-electron chi connectivity index (χ1n) is 8.10. The average Bonchev–Trinajstić information content (AvgIpc) is 2.62. The fraction of sp³-hybridized carbons (Fsp3) is 0.562. The highest BCUT2D eigenvalue weighted by Gasteiger charge is 2.30. The number of halogens is 2. The predicted molar refractivity (Wildman–Crippen MR) is 99.5 cm³/mol. The number of carbonyl (C=O) groups excluding carboxylic acids is 1. The molecule has 1 aliphatic heterocycles. The Morgan fingerprint density at radius 2 is 1.92 bits per heavy atom. The molecule has 0 unspecified atom stereocenters. The van der Waals surface area contributed by atoms with Crippen LogP contribution in [0.15, 0.2) is 17.0 Å².